The van der Waals surface area contributed by atoms with Gasteiger partial charge in [-0.05, 0) is 37.0 Å². The number of carbonyl (C=O) groups is 1. The number of allylic oxidation sites excluding steroid dienone is 1. The number of hydrogen-bond donors (Lipinski definition) is 1. The first-order valence-corrected chi connectivity index (χ1v) is 8.80. The third-order valence-corrected chi connectivity index (χ3v) is 4.37. The first-order valence-electron chi connectivity index (χ1n) is 8.80. The van der Waals surface area contributed by atoms with E-state index in [1.54, 1.807) is 24.4 Å². The molecule has 3 rings (SSSR count). The smallest absolute Gasteiger partial charge is 0.355 e. The van der Waals surface area contributed by atoms with Gasteiger partial charge in [0, 0.05) is 25.4 Å². The zero-order valence-electron chi connectivity index (χ0n) is 14.7. The summed E-state index contributed by atoms with van der Waals surface area (Å²) >= 11 is 0. The SMILES string of the molecule is O=C(/C=C(\c1ccccc1)C(F)(F)F)Nc1cccnc1N1CCCCC1. The maximum Gasteiger partial charge on any atom is 0.417 e. The molecule has 0 spiro atoms. The molecule has 0 aliphatic carbocycles. The average Bonchev–Trinajstić information content (AvgIpc) is 2.67. The Hall–Kier alpha value is -2.83. The molecule has 1 fully saturated rings. The predicted molar refractivity (Wildman–Crippen MR) is 99.4 cm³/mol. The van der Waals surface area contributed by atoms with Crippen molar-refractivity contribution in [1.82, 2.24) is 4.98 Å². The van der Waals surface area contributed by atoms with Crippen LogP contribution in [0.5, 0.6) is 0 Å². The van der Waals surface area contributed by atoms with E-state index in [0.29, 0.717) is 17.6 Å². The third-order valence-electron chi connectivity index (χ3n) is 4.37. The van der Waals surface area contributed by atoms with Gasteiger partial charge >= 0.3 is 6.18 Å². The molecular weight excluding hydrogens is 355 g/mol. The highest BCUT2D eigenvalue weighted by Gasteiger charge is 2.35. The first kappa shape index (κ1) is 18.9. The van der Waals surface area contributed by atoms with Crippen LogP contribution in [0.4, 0.5) is 24.7 Å². The number of aromatic nitrogens is 1. The Kier molecular flexibility index (Phi) is 5.78. The van der Waals surface area contributed by atoms with Crippen molar-refractivity contribution in [2.24, 2.45) is 0 Å². The summed E-state index contributed by atoms with van der Waals surface area (Å²) in [5, 5.41) is 2.56. The highest BCUT2D eigenvalue weighted by Crippen LogP contribution is 2.34. The molecule has 1 aliphatic rings. The molecule has 1 aromatic carbocycles. The molecule has 1 aromatic heterocycles. The maximum absolute atomic E-state index is 13.4. The van der Waals surface area contributed by atoms with E-state index in [9.17, 15) is 18.0 Å². The summed E-state index contributed by atoms with van der Waals surface area (Å²) in [6.07, 6.45) is 0.762. The second kappa shape index (κ2) is 8.24. The lowest BCUT2D eigenvalue weighted by Gasteiger charge is -2.29. The van der Waals surface area contributed by atoms with Crippen molar-refractivity contribution < 1.29 is 18.0 Å². The van der Waals surface area contributed by atoms with Crippen LogP contribution in [-0.2, 0) is 4.79 Å². The number of alkyl halides is 3. The number of hydrogen-bond acceptors (Lipinski definition) is 3. The minimum Gasteiger partial charge on any atom is -0.355 e. The van der Waals surface area contributed by atoms with Crippen molar-refractivity contribution >= 4 is 23.0 Å². The second-order valence-corrected chi connectivity index (χ2v) is 6.33. The van der Waals surface area contributed by atoms with Crippen LogP contribution in [-0.4, -0.2) is 30.2 Å². The van der Waals surface area contributed by atoms with Crippen molar-refractivity contribution in [3.05, 3.63) is 60.3 Å². The molecule has 1 N–H and O–H groups in total. The number of benzene rings is 1. The van der Waals surface area contributed by atoms with E-state index in [1.807, 2.05) is 4.90 Å². The molecule has 0 bridgehead atoms. The minimum absolute atomic E-state index is 0.0532. The van der Waals surface area contributed by atoms with Gasteiger partial charge in [0.2, 0.25) is 5.91 Å². The monoisotopic (exact) mass is 375 g/mol. The van der Waals surface area contributed by atoms with E-state index in [0.717, 1.165) is 32.4 Å². The normalized spacial score (nSPS) is 15.5. The molecule has 142 valence electrons. The molecule has 0 atom stereocenters. The molecule has 1 aliphatic heterocycles. The minimum atomic E-state index is -4.64. The number of amides is 1. The van der Waals surface area contributed by atoms with E-state index in [1.165, 1.54) is 24.3 Å². The highest BCUT2D eigenvalue weighted by atomic mass is 19.4. The Morgan fingerprint density at radius 1 is 1.04 bits per heavy atom. The van der Waals surface area contributed by atoms with Crippen molar-refractivity contribution in [2.75, 3.05) is 23.3 Å². The standard InChI is InChI=1S/C20H20F3N3O/c21-20(22,23)16(15-8-3-1-4-9-15)14-18(27)25-17-10-7-11-24-19(17)26-12-5-2-6-13-26/h1,3-4,7-11,14H,2,5-6,12-13H2,(H,25,27)/b16-14+. The lowest BCUT2D eigenvalue weighted by molar-refractivity contribution is -0.112. The Labute approximate surface area is 155 Å². The van der Waals surface area contributed by atoms with Crippen molar-refractivity contribution in [3.63, 3.8) is 0 Å². The summed E-state index contributed by atoms with van der Waals surface area (Å²) in [4.78, 5) is 18.7. The largest absolute Gasteiger partial charge is 0.417 e. The van der Waals surface area contributed by atoms with Gasteiger partial charge in [-0.25, -0.2) is 4.98 Å². The van der Waals surface area contributed by atoms with Crippen LogP contribution in [0.3, 0.4) is 0 Å². The Morgan fingerprint density at radius 2 is 1.74 bits per heavy atom. The zero-order valence-corrected chi connectivity index (χ0v) is 14.7. The van der Waals surface area contributed by atoms with Gasteiger partial charge in [0.15, 0.2) is 5.82 Å². The van der Waals surface area contributed by atoms with Crippen LogP contribution < -0.4 is 10.2 Å². The summed E-state index contributed by atoms with van der Waals surface area (Å²) in [6.45, 7) is 1.63. The highest BCUT2D eigenvalue weighted by molar-refractivity contribution is 6.05. The number of pyridine rings is 1. The van der Waals surface area contributed by atoms with Crippen molar-refractivity contribution in [2.45, 2.75) is 25.4 Å². The number of carbonyl (C=O) groups excluding carboxylic acids is 1. The molecule has 2 aromatic rings. The zero-order chi connectivity index (χ0) is 19.3. The summed E-state index contributed by atoms with van der Waals surface area (Å²) in [5.74, 6) is -0.246. The number of halogens is 3. The number of piperidine rings is 1. The van der Waals surface area contributed by atoms with Gasteiger partial charge in [-0.2, -0.15) is 13.2 Å². The van der Waals surface area contributed by atoms with Gasteiger partial charge in [0.1, 0.15) is 0 Å². The first-order chi connectivity index (χ1) is 12.9. The van der Waals surface area contributed by atoms with Crippen LogP contribution in [0.1, 0.15) is 24.8 Å². The number of rotatable bonds is 4. The molecule has 0 saturated carbocycles. The van der Waals surface area contributed by atoms with Gasteiger partial charge in [-0.15, -0.1) is 0 Å². The van der Waals surface area contributed by atoms with Gasteiger partial charge < -0.3 is 10.2 Å². The van der Waals surface area contributed by atoms with Gasteiger partial charge in [0.05, 0.1) is 11.3 Å². The van der Waals surface area contributed by atoms with Crippen LogP contribution in [0.2, 0.25) is 0 Å². The van der Waals surface area contributed by atoms with E-state index in [4.69, 9.17) is 0 Å². The Bertz CT molecular complexity index is 813. The van der Waals surface area contributed by atoms with Crippen molar-refractivity contribution in [1.29, 1.82) is 0 Å². The number of anilines is 2. The predicted octanol–water partition coefficient (Wildman–Crippen LogP) is 4.66. The molecule has 1 saturated heterocycles. The molecule has 1 amide bonds. The molecule has 0 radical (unpaired) electrons. The van der Waals surface area contributed by atoms with Crippen LogP contribution in [0, 0.1) is 0 Å². The quantitative estimate of drug-likeness (QED) is 0.791. The van der Waals surface area contributed by atoms with E-state index in [-0.39, 0.29) is 5.56 Å². The van der Waals surface area contributed by atoms with Crippen LogP contribution in [0.25, 0.3) is 5.57 Å². The maximum atomic E-state index is 13.4. The Balaban J connectivity index is 1.85. The molecule has 2 heterocycles. The van der Waals surface area contributed by atoms with Crippen LogP contribution in [0.15, 0.2) is 54.7 Å². The van der Waals surface area contributed by atoms with Crippen molar-refractivity contribution in [3.8, 4) is 0 Å². The number of nitrogens with one attached hydrogen (secondary N) is 1. The Morgan fingerprint density at radius 3 is 2.41 bits per heavy atom. The fourth-order valence-corrected chi connectivity index (χ4v) is 3.10. The fourth-order valence-electron chi connectivity index (χ4n) is 3.10. The van der Waals surface area contributed by atoms with Crippen LogP contribution >= 0.6 is 0 Å². The number of nitrogens with zero attached hydrogens (tertiary/aromatic N) is 2. The van der Waals surface area contributed by atoms with E-state index >= 15 is 0 Å². The third kappa shape index (κ3) is 4.87. The molecular formula is C20H20F3N3O. The lowest BCUT2D eigenvalue weighted by Crippen LogP contribution is -2.31. The van der Waals surface area contributed by atoms with Gasteiger partial charge in [-0.3, -0.25) is 4.79 Å². The summed E-state index contributed by atoms with van der Waals surface area (Å²) in [5.41, 5.74) is -0.623. The summed E-state index contributed by atoms with van der Waals surface area (Å²) in [7, 11) is 0. The topological polar surface area (TPSA) is 45.2 Å². The lowest BCUT2D eigenvalue weighted by atomic mass is 10.1. The summed E-state index contributed by atoms with van der Waals surface area (Å²) < 4.78 is 40.2. The molecule has 0 unspecified atom stereocenters. The van der Waals surface area contributed by atoms with Gasteiger partial charge in [-0.1, -0.05) is 30.3 Å². The molecule has 4 nitrogen and oxygen atoms in total. The van der Waals surface area contributed by atoms with Gasteiger partial charge in [0.25, 0.3) is 0 Å². The average molecular weight is 375 g/mol. The molecule has 27 heavy (non-hydrogen) atoms. The summed E-state index contributed by atoms with van der Waals surface area (Å²) in [6, 6.07) is 10.6. The molecule has 7 heteroatoms. The van der Waals surface area contributed by atoms with E-state index < -0.39 is 17.7 Å². The van der Waals surface area contributed by atoms with E-state index in [2.05, 4.69) is 10.3 Å². The second-order valence-electron chi connectivity index (χ2n) is 6.33. The fraction of sp³-hybridized carbons (Fsp3) is 0.300.